The van der Waals surface area contributed by atoms with Crippen LogP contribution in [0.3, 0.4) is 0 Å². The molecule has 0 amide bonds. The summed E-state index contributed by atoms with van der Waals surface area (Å²) in [5.41, 5.74) is 3.07. The molecule has 0 fully saturated rings. The molecule has 1 aliphatic heterocycles. The first-order chi connectivity index (χ1) is 12.1. The SMILES string of the molecule is COc1cc([N+](=O)[O-])cc2c1N[C@@H](c1ccc(Br)cc1)[C@H]1CC=C[C@H]21. The molecule has 0 unspecified atom stereocenters. The minimum atomic E-state index is -0.364. The number of benzene rings is 2. The van der Waals surface area contributed by atoms with Crippen LogP contribution in [0.2, 0.25) is 0 Å². The van der Waals surface area contributed by atoms with E-state index in [0.29, 0.717) is 11.7 Å². The zero-order valence-corrected chi connectivity index (χ0v) is 15.2. The summed E-state index contributed by atoms with van der Waals surface area (Å²) in [5.74, 6) is 1.00. The number of non-ortho nitro benzene ring substituents is 1. The fourth-order valence-corrected chi connectivity index (χ4v) is 4.18. The molecule has 1 aliphatic carbocycles. The van der Waals surface area contributed by atoms with E-state index in [-0.39, 0.29) is 22.6 Å². The Morgan fingerprint density at radius 2 is 2.04 bits per heavy atom. The average Bonchev–Trinajstić information content (AvgIpc) is 3.10. The minimum absolute atomic E-state index is 0.0681. The van der Waals surface area contributed by atoms with Gasteiger partial charge in [0.1, 0.15) is 5.75 Å². The molecule has 25 heavy (non-hydrogen) atoms. The molecule has 0 radical (unpaired) electrons. The number of methoxy groups -OCH3 is 1. The summed E-state index contributed by atoms with van der Waals surface area (Å²) in [5, 5.41) is 14.9. The van der Waals surface area contributed by atoms with Gasteiger partial charge in [-0.05, 0) is 35.6 Å². The van der Waals surface area contributed by atoms with Crippen molar-refractivity contribution in [3.05, 3.63) is 74.3 Å². The smallest absolute Gasteiger partial charge is 0.273 e. The summed E-state index contributed by atoms with van der Waals surface area (Å²) in [4.78, 5) is 10.9. The van der Waals surface area contributed by atoms with Crippen LogP contribution in [0.1, 0.15) is 29.5 Å². The Morgan fingerprint density at radius 1 is 1.28 bits per heavy atom. The van der Waals surface area contributed by atoms with Gasteiger partial charge in [0.25, 0.3) is 5.69 Å². The van der Waals surface area contributed by atoms with E-state index in [4.69, 9.17) is 4.74 Å². The van der Waals surface area contributed by atoms with Gasteiger partial charge in [0.15, 0.2) is 0 Å². The number of fused-ring (bicyclic) bond motifs is 3. The van der Waals surface area contributed by atoms with E-state index in [1.54, 1.807) is 13.2 Å². The van der Waals surface area contributed by atoms with Crippen molar-refractivity contribution in [2.75, 3.05) is 12.4 Å². The van der Waals surface area contributed by atoms with Crippen molar-refractivity contribution < 1.29 is 9.66 Å². The second-order valence-electron chi connectivity index (χ2n) is 6.40. The maximum absolute atomic E-state index is 11.3. The summed E-state index contributed by atoms with van der Waals surface area (Å²) in [6, 6.07) is 11.6. The number of nitro benzene ring substituents is 1. The molecular formula is C19H17BrN2O3. The molecule has 0 saturated carbocycles. The zero-order chi connectivity index (χ0) is 17.6. The Labute approximate surface area is 154 Å². The average molecular weight is 401 g/mol. The van der Waals surface area contributed by atoms with Crippen molar-refractivity contribution in [1.29, 1.82) is 0 Å². The van der Waals surface area contributed by atoms with Gasteiger partial charge in [0, 0.05) is 16.5 Å². The van der Waals surface area contributed by atoms with Gasteiger partial charge in [-0.1, -0.05) is 40.2 Å². The number of hydrogen-bond donors (Lipinski definition) is 1. The lowest BCUT2D eigenvalue weighted by molar-refractivity contribution is -0.385. The summed E-state index contributed by atoms with van der Waals surface area (Å²) >= 11 is 3.48. The Kier molecular flexibility index (Phi) is 4.00. The number of hydrogen-bond acceptors (Lipinski definition) is 4. The highest BCUT2D eigenvalue weighted by atomic mass is 79.9. The van der Waals surface area contributed by atoms with Crippen LogP contribution in [-0.2, 0) is 0 Å². The van der Waals surface area contributed by atoms with Crippen molar-refractivity contribution >= 4 is 27.3 Å². The predicted octanol–water partition coefficient (Wildman–Crippen LogP) is 5.19. The van der Waals surface area contributed by atoms with Crippen molar-refractivity contribution in [2.24, 2.45) is 5.92 Å². The summed E-state index contributed by atoms with van der Waals surface area (Å²) < 4.78 is 6.50. The van der Waals surface area contributed by atoms with Crippen LogP contribution >= 0.6 is 15.9 Å². The molecule has 2 aromatic carbocycles. The number of halogens is 1. The Balaban J connectivity index is 1.84. The highest BCUT2D eigenvalue weighted by Gasteiger charge is 2.40. The maximum atomic E-state index is 11.3. The third-order valence-corrected chi connectivity index (χ3v) is 5.61. The predicted molar refractivity (Wildman–Crippen MR) is 100 cm³/mol. The lowest BCUT2D eigenvalue weighted by Crippen LogP contribution is -2.29. The number of nitrogens with one attached hydrogen (secondary N) is 1. The number of nitro groups is 1. The third kappa shape index (κ3) is 2.70. The number of nitrogens with zero attached hydrogens (tertiary/aromatic N) is 1. The molecule has 3 atom stereocenters. The van der Waals surface area contributed by atoms with E-state index in [1.807, 2.05) is 12.1 Å². The fraction of sp³-hybridized carbons (Fsp3) is 0.263. The molecule has 1 N–H and O–H groups in total. The molecule has 5 nitrogen and oxygen atoms in total. The van der Waals surface area contributed by atoms with Gasteiger partial charge in [-0.25, -0.2) is 0 Å². The van der Waals surface area contributed by atoms with Crippen LogP contribution in [0, 0.1) is 16.0 Å². The monoisotopic (exact) mass is 400 g/mol. The highest BCUT2D eigenvalue weighted by molar-refractivity contribution is 9.10. The van der Waals surface area contributed by atoms with Gasteiger partial charge in [-0.2, -0.15) is 0 Å². The van der Waals surface area contributed by atoms with Crippen molar-refractivity contribution in [2.45, 2.75) is 18.4 Å². The largest absolute Gasteiger partial charge is 0.494 e. The molecule has 0 aromatic heterocycles. The van der Waals surface area contributed by atoms with E-state index < -0.39 is 0 Å². The van der Waals surface area contributed by atoms with E-state index in [9.17, 15) is 10.1 Å². The molecule has 1 heterocycles. The molecule has 128 valence electrons. The number of ether oxygens (including phenoxy) is 1. The molecular weight excluding hydrogens is 384 g/mol. The highest BCUT2D eigenvalue weighted by Crippen LogP contribution is 2.53. The number of anilines is 1. The molecule has 2 aromatic rings. The lowest BCUT2D eigenvalue weighted by Gasteiger charge is -2.38. The quantitative estimate of drug-likeness (QED) is 0.437. The Morgan fingerprint density at radius 3 is 2.72 bits per heavy atom. The zero-order valence-electron chi connectivity index (χ0n) is 13.6. The first-order valence-corrected chi connectivity index (χ1v) is 8.93. The normalized spacial score (nSPS) is 23.5. The van der Waals surface area contributed by atoms with E-state index in [1.165, 1.54) is 11.6 Å². The second-order valence-corrected chi connectivity index (χ2v) is 7.31. The van der Waals surface area contributed by atoms with Gasteiger partial charge in [-0.15, -0.1) is 0 Å². The summed E-state index contributed by atoms with van der Waals surface area (Å²) in [6.07, 6.45) is 5.28. The summed E-state index contributed by atoms with van der Waals surface area (Å²) in [6.45, 7) is 0. The van der Waals surface area contributed by atoms with E-state index in [0.717, 1.165) is 22.1 Å². The van der Waals surface area contributed by atoms with Gasteiger partial charge in [-0.3, -0.25) is 10.1 Å². The van der Waals surface area contributed by atoms with Crippen LogP contribution in [0.4, 0.5) is 11.4 Å². The first kappa shape index (κ1) is 16.1. The standard InChI is InChI=1S/C19H17BrN2O3/c1-25-17-10-13(22(23)24)9-16-14-3-2-4-15(14)18(21-19(16)17)11-5-7-12(20)8-6-11/h2-3,5-10,14-15,18,21H,4H2,1H3/t14-,15-,18-/m0/s1. The van der Waals surface area contributed by atoms with Crippen LogP contribution in [0.25, 0.3) is 0 Å². The molecule has 0 saturated heterocycles. The van der Waals surface area contributed by atoms with Crippen LogP contribution in [0.5, 0.6) is 5.75 Å². The van der Waals surface area contributed by atoms with Gasteiger partial charge >= 0.3 is 0 Å². The van der Waals surface area contributed by atoms with E-state index >= 15 is 0 Å². The molecule has 0 bridgehead atoms. The first-order valence-electron chi connectivity index (χ1n) is 8.13. The summed E-state index contributed by atoms with van der Waals surface area (Å²) in [7, 11) is 1.55. The van der Waals surface area contributed by atoms with Gasteiger partial charge in [0.2, 0.25) is 0 Å². The lowest BCUT2D eigenvalue weighted by atomic mass is 9.76. The Hall–Kier alpha value is -2.34. The van der Waals surface area contributed by atoms with Crippen LogP contribution in [0.15, 0.2) is 53.0 Å². The third-order valence-electron chi connectivity index (χ3n) is 5.08. The van der Waals surface area contributed by atoms with Crippen LogP contribution < -0.4 is 10.1 Å². The molecule has 2 aliphatic rings. The molecule has 0 spiro atoms. The molecule has 6 heteroatoms. The second kappa shape index (κ2) is 6.19. The minimum Gasteiger partial charge on any atom is -0.494 e. The van der Waals surface area contributed by atoms with Crippen molar-refractivity contribution in [1.82, 2.24) is 0 Å². The number of rotatable bonds is 3. The Bertz CT molecular complexity index is 864. The van der Waals surface area contributed by atoms with Crippen molar-refractivity contribution in [3.63, 3.8) is 0 Å². The van der Waals surface area contributed by atoms with Gasteiger partial charge < -0.3 is 10.1 Å². The van der Waals surface area contributed by atoms with Crippen molar-refractivity contribution in [3.8, 4) is 5.75 Å². The van der Waals surface area contributed by atoms with E-state index in [2.05, 4.69) is 45.5 Å². The maximum Gasteiger partial charge on any atom is 0.273 e. The van der Waals surface area contributed by atoms with Gasteiger partial charge in [0.05, 0.1) is 29.8 Å². The van der Waals surface area contributed by atoms with Crippen LogP contribution in [-0.4, -0.2) is 12.0 Å². The topological polar surface area (TPSA) is 64.4 Å². The molecule has 4 rings (SSSR count). The number of allylic oxidation sites excluding steroid dienone is 2. The fourth-order valence-electron chi connectivity index (χ4n) is 3.92.